The second-order valence-electron chi connectivity index (χ2n) is 6.14. The van der Waals surface area contributed by atoms with Crippen LogP contribution in [0, 0.1) is 0 Å². The molecular weight excluding hydrogens is 296 g/mol. The average molecular weight is 322 g/mol. The zero-order valence-electron chi connectivity index (χ0n) is 15.0. The summed E-state index contributed by atoms with van der Waals surface area (Å²) in [5.41, 5.74) is 8.91. The van der Waals surface area contributed by atoms with Crippen LogP contribution >= 0.6 is 0 Å². The fourth-order valence-corrected chi connectivity index (χ4v) is 3.11. The van der Waals surface area contributed by atoms with Gasteiger partial charge in [-0.05, 0) is 44.4 Å². The van der Waals surface area contributed by atoms with E-state index in [0.29, 0.717) is 5.82 Å². The lowest BCUT2D eigenvalue weighted by molar-refractivity contribution is 0.787. The summed E-state index contributed by atoms with van der Waals surface area (Å²) < 4.78 is 0. The molecule has 0 unspecified atom stereocenters. The third-order valence-electron chi connectivity index (χ3n) is 4.40. The Labute approximate surface area is 144 Å². The van der Waals surface area contributed by atoms with E-state index in [0.717, 1.165) is 56.5 Å². The van der Waals surface area contributed by atoms with E-state index in [9.17, 15) is 0 Å². The largest absolute Gasteiger partial charge is 0.345 e. The molecule has 1 saturated heterocycles. The number of nitrogens with one attached hydrogen (secondary N) is 4. The van der Waals surface area contributed by atoms with Gasteiger partial charge in [-0.2, -0.15) is 0 Å². The Balaban J connectivity index is 2.54. The molecule has 4 N–H and O–H groups in total. The van der Waals surface area contributed by atoms with Crippen molar-refractivity contribution in [3.05, 3.63) is 95.2 Å². The van der Waals surface area contributed by atoms with Gasteiger partial charge in [0, 0.05) is 33.9 Å². The first-order valence-corrected chi connectivity index (χ1v) is 7.77. The molecule has 0 spiro atoms. The van der Waals surface area contributed by atoms with E-state index in [-0.39, 0.29) is 0 Å². The second-order valence-corrected chi connectivity index (χ2v) is 6.14. The van der Waals surface area contributed by atoms with E-state index in [4.69, 9.17) is 0 Å². The summed E-state index contributed by atoms with van der Waals surface area (Å²) in [6, 6.07) is 0. The van der Waals surface area contributed by atoms with Crippen LogP contribution in [0.2, 0.25) is 0 Å². The summed E-state index contributed by atoms with van der Waals surface area (Å²) in [4.78, 5) is 0. The van der Waals surface area contributed by atoms with Crippen molar-refractivity contribution in [1.29, 1.82) is 0 Å². The molecule has 0 aromatic rings. The van der Waals surface area contributed by atoms with Crippen LogP contribution in [0.4, 0.5) is 0 Å². The number of hydrogen-bond acceptors (Lipinski definition) is 4. The fraction of sp³-hybridized carbons (Fsp3) is 0.200. The zero-order valence-corrected chi connectivity index (χ0v) is 15.0. The van der Waals surface area contributed by atoms with Crippen molar-refractivity contribution in [3.63, 3.8) is 0 Å². The number of hydrogen-bond donors (Lipinski definition) is 4. The molecule has 1 fully saturated rings. The lowest BCUT2D eigenvalue weighted by Gasteiger charge is -2.29. The molecule has 2 heterocycles. The summed E-state index contributed by atoms with van der Waals surface area (Å²) >= 11 is 0. The van der Waals surface area contributed by atoms with Crippen LogP contribution in [0.3, 0.4) is 0 Å². The van der Waals surface area contributed by atoms with Gasteiger partial charge in [0.15, 0.2) is 0 Å². The van der Waals surface area contributed by atoms with Crippen LogP contribution in [0.5, 0.6) is 0 Å². The molecule has 24 heavy (non-hydrogen) atoms. The van der Waals surface area contributed by atoms with Crippen molar-refractivity contribution >= 4 is 0 Å². The monoisotopic (exact) mass is 322 g/mol. The highest BCUT2D eigenvalue weighted by atomic mass is 15.1. The van der Waals surface area contributed by atoms with Crippen molar-refractivity contribution in [3.8, 4) is 0 Å². The van der Waals surface area contributed by atoms with Gasteiger partial charge in [0.25, 0.3) is 0 Å². The molecular formula is C20H26N4. The van der Waals surface area contributed by atoms with Crippen molar-refractivity contribution in [1.82, 2.24) is 21.3 Å². The molecule has 0 bridgehead atoms. The third kappa shape index (κ3) is 3.08. The summed E-state index contributed by atoms with van der Waals surface area (Å²) in [7, 11) is 0. The Kier molecular flexibility index (Phi) is 4.60. The molecule has 0 aromatic carbocycles. The first kappa shape index (κ1) is 17.5. The molecule has 0 saturated carbocycles. The highest BCUT2D eigenvalue weighted by Gasteiger charge is 2.21. The van der Waals surface area contributed by atoms with Gasteiger partial charge in [0.1, 0.15) is 5.82 Å². The van der Waals surface area contributed by atoms with Gasteiger partial charge < -0.3 is 21.3 Å². The summed E-state index contributed by atoms with van der Waals surface area (Å²) in [5, 5.41) is 12.6. The number of rotatable bonds is 2. The lowest BCUT2D eigenvalue weighted by Crippen LogP contribution is -2.33. The number of allylic oxidation sites excluding steroid dienone is 4. The molecule has 2 aliphatic rings. The van der Waals surface area contributed by atoms with Crippen molar-refractivity contribution in [2.75, 3.05) is 0 Å². The van der Waals surface area contributed by atoms with Crippen molar-refractivity contribution in [2.45, 2.75) is 27.7 Å². The maximum Gasteiger partial charge on any atom is 0.100 e. The molecule has 0 atom stereocenters. The third-order valence-corrected chi connectivity index (χ3v) is 4.40. The molecule has 4 nitrogen and oxygen atoms in total. The van der Waals surface area contributed by atoms with Crippen LogP contribution in [0.15, 0.2) is 95.2 Å². The Bertz CT molecular complexity index is 762. The van der Waals surface area contributed by atoms with Crippen LogP contribution in [-0.2, 0) is 0 Å². The molecule has 0 aliphatic carbocycles. The second kappa shape index (κ2) is 6.32. The predicted octanol–water partition coefficient (Wildman–Crippen LogP) is 3.78. The SMILES string of the molecule is C=C1NC(=C)C(=C(C)/C(C)=C(\C)C2=C(C)NC(=C)NC2=C)C(=C)N1. The molecule has 0 aromatic heterocycles. The normalized spacial score (nSPS) is 19.3. The summed E-state index contributed by atoms with van der Waals surface area (Å²) in [6.07, 6.45) is 0. The smallest absolute Gasteiger partial charge is 0.100 e. The first-order valence-electron chi connectivity index (χ1n) is 7.77. The minimum atomic E-state index is 0.686. The minimum absolute atomic E-state index is 0.686. The van der Waals surface area contributed by atoms with Gasteiger partial charge in [0.05, 0.1) is 5.82 Å². The van der Waals surface area contributed by atoms with E-state index >= 15 is 0 Å². The molecule has 4 heteroatoms. The lowest BCUT2D eigenvalue weighted by atomic mass is 9.90. The van der Waals surface area contributed by atoms with Crippen LogP contribution in [0.25, 0.3) is 0 Å². The van der Waals surface area contributed by atoms with Crippen molar-refractivity contribution < 1.29 is 0 Å². The fourth-order valence-electron chi connectivity index (χ4n) is 3.11. The maximum absolute atomic E-state index is 4.12. The Morgan fingerprint density at radius 1 is 0.708 bits per heavy atom. The van der Waals surface area contributed by atoms with Gasteiger partial charge in [-0.1, -0.05) is 32.9 Å². The minimum Gasteiger partial charge on any atom is -0.345 e. The van der Waals surface area contributed by atoms with E-state index in [2.05, 4.69) is 74.9 Å². The van der Waals surface area contributed by atoms with E-state index in [1.54, 1.807) is 0 Å². The van der Waals surface area contributed by atoms with E-state index in [1.165, 1.54) is 0 Å². The molecule has 126 valence electrons. The quantitative estimate of drug-likeness (QED) is 0.625. The van der Waals surface area contributed by atoms with Crippen molar-refractivity contribution in [2.24, 2.45) is 0 Å². The highest BCUT2D eigenvalue weighted by Crippen LogP contribution is 2.32. The molecule has 2 rings (SSSR count). The van der Waals surface area contributed by atoms with Gasteiger partial charge in [-0.25, -0.2) is 0 Å². The van der Waals surface area contributed by atoms with E-state index < -0.39 is 0 Å². The van der Waals surface area contributed by atoms with Crippen LogP contribution in [0.1, 0.15) is 27.7 Å². The molecule has 0 amide bonds. The highest BCUT2D eigenvalue weighted by molar-refractivity contribution is 5.60. The Morgan fingerprint density at radius 2 is 1.17 bits per heavy atom. The molecule has 0 radical (unpaired) electrons. The topological polar surface area (TPSA) is 48.1 Å². The maximum atomic E-state index is 4.12. The van der Waals surface area contributed by atoms with Crippen LogP contribution < -0.4 is 21.3 Å². The van der Waals surface area contributed by atoms with Gasteiger partial charge in [-0.3, -0.25) is 0 Å². The average Bonchev–Trinajstić information content (AvgIpc) is 2.43. The van der Waals surface area contributed by atoms with Gasteiger partial charge in [-0.15, -0.1) is 0 Å². The Morgan fingerprint density at radius 3 is 1.67 bits per heavy atom. The van der Waals surface area contributed by atoms with Crippen LogP contribution in [-0.4, -0.2) is 0 Å². The van der Waals surface area contributed by atoms with E-state index in [1.807, 2.05) is 6.92 Å². The predicted molar refractivity (Wildman–Crippen MR) is 102 cm³/mol. The zero-order chi connectivity index (χ0) is 18.2. The summed E-state index contributed by atoms with van der Waals surface area (Å²) in [5.74, 6) is 1.42. The summed E-state index contributed by atoms with van der Waals surface area (Å²) in [6.45, 7) is 28.4. The van der Waals surface area contributed by atoms with Gasteiger partial charge in [0.2, 0.25) is 0 Å². The first-order chi connectivity index (χ1) is 11.1. The standard InChI is InChI=1S/C20H26N4/c1-10(11(2)19-13(4)21-17(8)22-14(19)5)12(3)20-15(6)23-18(9)24-16(20)7/h21-24H,4-6,8-9H2,1-3,7H3/b12-10+. The Hall–Kier alpha value is -2.88. The van der Waals surface area contributed by atoms with Gasteiger partial charge >= 0.3 is 0 Å². The molecule has 2 aliphatic heterocycles.